The number of benzene rings is 1. The minimum atomic E-state index is -1.14. The Bertz CT molecular complexity index is 919. The van der Waals surface area contributed by atoms with Gasteiger partial charge in [0.15, 0.2) is 11.2 Å². The molecule has 2 atom stereocenters. The van der Waals surface area contributed by atoms with Gasteiger partial charge in [-0.3, -0.25) is 0 Å². The van der Waals surface area contributed by atoms with Crippen LogP contribution in [0.2, 0.25) is 0 Å². The monoisotopic (exact) mass is 344 g/mol. The molecule has 1 saturated carbocycles. The molecule has 0 amide bonds. The molecule has 1 aromatic heterocycles. The van der Waals surface area contributed by atoms with Crippen molar-refractivity contribution >= 4 is 22.8 Å². The van der Waals surface area contributed by atoms with Gasteiger partial charge in [0, 0.05) is 47.8 Å². The molecule has 2 aromatic rings. The highest BCUT2D eigenvalue weighted by molar-refractivity contribution is 5.94. The first kappa shape index (κ1) is 15.8. The van der Waals surface area contributed by atoms with Gasteiger partial charge in [0.05, 0.1) is 0 Å². The molecular formula is C18H17FN2O4. The summed E-state index contributed by atoms with van der Waals surface area (Å²) >= 11 is 0. The molecule has 4 rings (SSSR count). The zero-order valence-electron chi connectivity index (χ0n) is 13.8. The molecule has 1 aromatic carbocycles. The molecule has 130 valence electrons. The van der Waals surface area contributed by atoms with Crippen LogP contribution in [0, 0.1) is 5.82 Å². The Labute approximate surface area is 143 Å². The average molecular weight is 344 g/mol. The zero-order chi connectivity index (χ0) is 17.8. The number of hydrogen-bond acceptors (Lipinski definition) is 5. The van der Waals surface area contributed by atoms with Crippen LogP contribution in [0.1, 0.15) is 12.0 Å². The molecule has 0 radical (unpaired) electrons. The van der Waals surface area contributed by atoms with Crippen LogP contribution in [0.15, 0.2) is 36.5 Å². The van der Waals surface area contributed by atoms with Crippen molar-refractivity contribution in [3.8, 4) is 0 Å². The fourth-order valence-corrected chi connectivity index (χ4v) is 3.72. The van der Waals surface area contributed by atoms with E-state index >= 15 is 0 Å². The summed E-state index contributed by atoms with van der Waals surface area (Å²) in [4.78, 5) is 29.1. The van der Waals surface area contributed by atoms with Gasteiger partial charge in [-0.15, -0.1) is 0 Å². The van der Waals surface area contributed by atoms with Crippen molar-refractivity contribution in [1.82, 2.24) is 9.88 Å². The Balaban J connectivity index is 1.89. The number of esters is 2. The topological polar surface area (TPSA) is 71.6 Å². The number of halogens is 1. The van der Waals surface area contributed by atoms with Crippen molar-refractivity contribution in [3.63, 3.8) is 0 Å². The van der Waals surface area contributed by atoms with Crippen molar-refractivity contribution in [1.29, 1.82) is 0 Å². The Morgan fingerprint density at radius 2 is 1.92 bits per heavy atom. The number of aromatic nitrogens is 1. The van der Waals surface area contributed by atoms with Crippen LogP contribution in [-0.4, -0.2) is 48.1 Å². The number of ether oxygens (including phenoxy) is 2. The predicted octanol–water partition coefficient (Wildman–Crippen LogP) is 1.86. The lowest BCUT2D eigenvalue weighted by molar-refractivity contribution is -0.165. The number of likely N-dealkylation sites (N-methyl/N-ethyl adjacent to an activating group) is 1. The largest absolute Gasteiger partial charge is 0.450 e. The highest BCUT2D eigenvalue weighted by atomic mass is 19.1. The van der Waals surface area contributed by atoms with E-state index in [0.29, 0.717) is 23.9 Å². The lowest BCUT2D eigenvalue weighted by Crippen LogP contribution is -2.41. The van der Waals surface area contributed by atoms with Crippen LogP contribution < -0.4 is 0 Å². The van der Waals surface area contributed by atoms with Crippen molar-refractivity contribution in [3.05, 3.63) is 47.9 Å². The van der Waals surface area contributed by atoms with Gasteiger partial charge in [-0.25, -0.2) is 14.0 Å². The number of nitrogens with one attached hydrogen (secondary N) is 1. The predicted molar refractivity (Wildman–Crippen MR) is 87.2 cm³/mol. The number of hydrogen-bond donors (Lipinski definition) is 1. The maximum atomic E-state index is 13.8. The first-order valence-corrected chi connectivity index (χ1v) is 7.91. The molecule has 1 fully saturated rings. The van der Waals surface area contributed by atoms with E-state index in [0.717, 1.165) is 17.7 Å². The highest BCUT2D eigenvalue weighted by Crippen LogP contribution is 2.63. The van der Waals surface area contributed by atoms with Crippen molar-refractivity contribution < 1.29 is 23.5 Å². The highest BCUT2D eigenvalue weighted by Gasteiger charge is 2.76. The summed E-state index contributed by atoms with van der Waals surface area (Å²) in [6.45, 7) is 0.377. The molecule has 0 saturated heterocycles. The fraction of sp³-hybridized carbons (Fsp3) is 0.333. The van der Waals surface area contributed by atoms with E-state index in [1.807, 2.05) is 19.0 Å². The minimum Gasteiger partial charge on any atom is -0.450 e. The van der Waals surface area contributed by atoms with Crippen LogP contribution in [0.4, 0.5) is 4.39 Å². The molecule has 0 spiro atoms. The zero-order valence-corrected chi connectivity index (χ0v) is 13.8. The maximum absolute atomic E-state index is 13.8. The van der Waals surface area contributed by atoms with Gasteiger partial charge < -0.3 is 19.4 Å². The van der Waals surface area contributed by atoms with Crippen molar-refractivity contribution in [2.24, 2.45) is 0 Å². The second-order valence-electron chi connectivity index (χ2n) is 6.80. The van der Waals surface area contributed by atoms with Crippen LogP contribution >= 0.6 is 0 Å². The third kappa shape index (κ3) is 2.34. The SMILES string of the molecule is CN(C)C[C@]12C[C@]1(c1c[nH]c3ccc(F)cc13)OC(=O)/C=C\C(=O)O2. The third-order valence-corrected chi connectivity index (χ3v) is 4.72. The molecular weight excluding hydrogens is 327 g/mol. The smallest absolute Gasteiger partial charge is 0.332 e. The van der Waals surface area contributed by atoms with Gasteiger partial charge in [0.2, 0.25) is 0 Å². The maximum Gasteiger partial charge on any atom is 0.332 e. The Morgan fingerprint density at radius 1 is 1.20 bits per heavy atom. The number of carbonyl (C=O) groups excluding carboxylic acids is 2. The summed E-state index contributed by atoms with van der Waals surface area (Å²) < 4.78 is 25.2. The van der Waals surface area contributed by atoms with Crippen molar-refractivity contribution in [2.75, 3.05) is 20.6 Å². The van der Waals surface area contributed by atoms with E-state index in [1.54, 1.807) is 12.3 Å². The molecule has 1 aliphatic carbocycles. The van der Waals surface area contributed by atoms with E-state index in [-0.39, 0.29) is 0 Å². The molecule has 0 bridgehead atoms. The van der Waals surface area contributed by atoms with E-state index in [1.165, 1.54) is 12.1 Å². The summed E-state index contributed by atoms with van der Waals surface area (Å²) in [5.74, 6) is -1.60. The molecule has 2 aliphatic rings. The number of H-pyrrole nitrogens is 1. The number of fused-ring (bicyclic) bond motifs is 2. The normalized spacial score (nSPS) is 29.6. The third-order valence-electron chi connectivity index (χ3n) is 4.72. The Morgan fingerprint density at radius 3 is 2.64 bits per heavy atom. The summed E-state index contributed by atoms with van der Waals surface area (Å²) in [5.41, 5.74) is -0.812. The van der Waals surface area contributed by atoms with E-state index in [9.17, 15) is 14.0 Å². The van der Waals surface area contributed by atoms with Crippen LogP contribution in [0.5, 0.6) is 0 Å². The summed E-state index contributed by atoms with van der Waals surface area (Å²) in [6, 6.07) is 4.36. The van der Waals surface area contributed by atoms with Crippen LogP contribution in [0.3, 0.4) is 0 Å². The van der Waals surface area contributed by atoms with E-state index < -0.39 is 29.0 Å². The number of rotatable bonds is 3. The molecule has 1 aliphatic heterocycles. The second kappa shape index (κ2) is 5.16. The van der Waals surface area contributed by atoms with Gasteiger partial charge in [0.25, 0.3) is 0 Å². The minimum absolute atomic E-state index is 0.320. The van der Waals surface area contributed by atoms with Crippen molar-refractivity contribution in [2.45, 2.75) is 17.6 Å². The molecule has 2 heterocycles. The molecule has 0 unspecified atom stereocenters. The van der Waals surface area contributed by atoms with Crippen LogP contribution in [-0.2, 0) is 24.7 Å². The quantitative estimate of drug-likeness (QED) is 0.861. The second-order valence-corrected chi connectivity index (χ2v) is 6.80. The lowest BCUT2D eigenvalue weighted by Gasteiger charge is -2.28. The van der Waals surface area contributed by atoms with Gasteiger partial charge in [-0.1, -0.05) is 0 Å². The van der Waals surface area contributed by atoms with Gasteiger partial charge in [-0.05, 0) is 32.3 Å². The average Bonchev–Trinajstić information content (AvgIpc) is 2.90. The van der Waals surface area contributed by atoms with Gasteiger partial charge >= 0.3 is 11.9 Å². The number of aromatic amines is 1. The Kier molecular flexibility index (Phi) is 3.27. The van der Waals surface area contributed by atoms with E-state index in [4.69, 9.17) is 9.47 Å². The first-order chi connectivity index (χ1) is 11.9. The first-order valence-electron chi connectivity index (χ1n) is 7.91. The standard InChI is InChI=1S/C18H17FN2O4/c1-21(2)10-17-9-18(17,25-16(23)6-5-15(22)24-17)13-8-20-14-4-3-11(19)7-12(13)14/h3-8,20H,9-10H2,1-2H3/b6-5-/t17-,18-/m1/s1. The molecule has 25 heavy (non-hydrogen) atoms. The molecule has 1 N–H and O–H groups in total. The lowest BCUT2D eigenvalue weighted by atomic mass is 10.0. The molecule has 6 nitrogen and oxygen atoms in total. The van der Waals surface area contributed by atoms with Gasteiger partial charge in [-0.2, -0.15) is 0 Å². The number of carbonyl (C=O) groups is 2. The molecule has 7 heteroatoms. The summed E-state index contributed by atoms with van der Waals surface area (Å²) in [6.07, 6.45) is 4.13. The Hall–Kier alpha value is -2.67. The fourth-order valence-electron chi connectivity index (χ4n) is 3.72. The van der Waals surface area contributed by atoms with E-state index in [2.05, 4.69) is 4.98 Å². The van der Waals surface area contributed by atoms with Gasteiger partial charge in [0.1, 0.15) is 5.82 Å². The number of nitrogens with zero attached hydrogens (tertiary/aromatic N) is 1. The summed E-state index contributed by atoms with van der Waals surface area (Å²) in [5, 5.41) is 0.606. The summed E-state index contributed by atoms with van der Waals surface area (Å²) in [7, 11) is 3.69. The van der Waals surface area contributed by atoms with Crippen LogP contribution in [0.25, 0.3) is 10.9 Å².